The van der Waals surface area contributed by atoms with Gasteiger partial charge in [0.1, 0.15) is 5.01 Å². The van der Waals surface area contributed by atoms with E-state index in [9.17, 15) is 0 Å². The molecule has 1 saturated heterocycles. The Morgan fingerprint density at radius 3 is 2.61 bits per heavy atom. The SMILES string of the molecule is Cc1ccc(-n2c(SCc3csc(-c4ccccn4)n3)nnc2N2CCCCC2)cc1. The van der Waals surface area contributed by atoms with Crippen molar-refractivity contribution in [2.75, 3.05) is 18.0 Å². The number of hydrogen-bond donors (Lipinski definition) is 0. The summed E-state index contributed by atoms with van der Waals surface area (Å²) in [6, 6.07) is 14.5. The number of anilines is 1. The molecule has 8 heteroatoms. The van der Waals surface area contributed by atoms with Crippen molar-refractivity contribution < 1.29 is 0 Å². The zero-order valence-corrected chi connectivity index (χ0v) is 19.1. The van der Waals surface area contributed by atoms with Crippen LogP contribution in [0.3, 0.4) is 0 Å². The first-order valence-corrected chi connectivity index (χ1v) is 12.4. The highest BCUT2D eigenvalue weighted by atomic mass is 32.2. The number of thioether (sulfide) groups is 1. The number of aryl methyl sites for hydroxylation is 1. The van der Waals surface area contributed by atoms with Gasteiger partial charge in [-0.3, -0.25) is 9.55 Å². The Bertz CT molecular complexity index is 1130. The first-order valence-electron chi connectivity index (χ1n) is 10.5. The number of pyridine rings is 1. The van der Waals surface area contributed by atoms with Crippen LogP contribution >= 0.6 is 23.1 Å². The molecule has 4 aromatic rings. The lowest BCUT2D eigenvalue weighted by Gasteiger charge is -2.27. The Morgan fingerprint density at radius 1 is 1.00 bits per heavy atom. The zero-order valence-electron chi connectivity index (χ0n) is 17.4. The molecule has 0 unspecified atom stereocenters. The first kappa shape index (κ1) is 20.2. The van der Waals surface area contributed by atoms with Gasteiger partial charge in [0.2, 0.25) is 5.95 Å². The number of rotatable bonds is 6. The van der Waals surface area contributed by atoms with E-state index in [1.54, 1.807) is 29.3 Å². The van der Waals surface area contributed by atoms with Crippen LogP contribution in [0.2, 0.25) is 0 Å². The van der Waals surface area contributed by atoms with E-state index in [1.807, 2.05) is 18.2 Å². The molecular formula is C23H24N6S2. The normalized spacial score (nSPS) is 14.2. The fourth-order valence-corrected chi connectivity index (χ4v) is 5.43. The average molecular weight is 449 g/mol. The maximum absolute atomic E-state index is 4.77. The van der Waals surface area contributed by atoms with Crippen LogP contribution in [-0.2, 0) is 5.75 Å². The second-order valence-electron chi connectivity index (χ2n) is 7.65. The largest absolute Gasteiger partial charge is 0.341 e. The molecule has 0 atom stereocenters. The fourth-order valence-electron chi connectivity index (χ4n) is 3.69. The minimum absolute atomic E-state index is 0.743. The van der Waals surface area contributed by atoms with E-state index in [-0.39, 0.29) is 0 Å². The third kappa shape index (κ3) is 4.50. The molecule has 31 heavy (non-hydrogen) atoms. The van der Waals surface area contributed by atoms with E-state index >= 15 is 0 Å². The quantitative estimate of drug-likeness (QED) is 0.369. The van der Waals surface area contributed by atoms with Gasteiger partial charge in [-0.1, -0.05) is 35.5 Å². The summed E-state index contributed by atoms with van der Waals surface area (Å²) < 4.78 is 2.20. The molecule has 0 bridgehead atoms. The van der Waals surface area contributed by atoms with Crippen molar-refractivity contribution in [3.63, 3.8) is 0 Å². The average Bonchev–Trinajstić information content (AvgIpc) is 3.47. The van der Waals surface area contributed by atoms with Crippen LogP contribution in [0.25, 0.3) is 16.4 Å². The van der Waals surface area contributed by atoms with Gasteiger partial charge in [-0.15, -0.1) is 21.5 Å². The van der Waals surface area contributed by atoms with Gasteiger partial charge in [-0.05, 0) is 50.5 Å². The Balaban J connectivity index is 1.40. The summed E-state index contributed by atoms with van der Waals surface area (Å²) >= 11 is 3.31. The number of thiazole rings is 1. The lowest BCUT2D eigenvalue weighted by molar-refractivity contribution is 0.564. The second kappa shape index (κ2) is 9.20. The van der Waals surface area contributed by atoms with Crippen LogP contribution in [0, 0.1) is 6.92 Å². The standard InChI is InChI=1S/C23H24N6S2/c1-17-8-10-19(11-9-17)29-22(28-13-5-2-6-14-28)26-27-23(29)31-16-18-15-30-21(25-18)20-7-3-4-12-24-20/h3-4,7-12,15H,2,5-6,13-14,16H2,1H3. The third-order valence-corrected chi connectivity index (χ3v) is 7.21. The van der Waals surface area contributed by atoms with Crippen molar-refractivity contribution in [2.45, 2.75) is 37.1 Å². The highest BCUT2D eigenvalue weighted by Crippen LogP contribution is 2.31. The summed E-state index contributed by atoms with van der Waals surface area (Å²) in [6.45, 7) is 4.18. The van der Waals surface area contributed by atoms with Crippen molar-refractivity contribution in [1.29, 1.82) is 0 Å². The number of aromatic nitrogens is 5. The van der Waals surface area contributed by atoms with Crippen molar-refractivity contribution in [3.8, 4) is 16.4 Å². The lowest BCUT2D eigenvalue weighted by atomic mass is 10.1. The number of piperidine rings is 1. The molecule has 4 heterocycles. The molecule has 1 aliphatic rings. The summed E-state index contributed by atoms with van der Waals surface area (Å²) in [6.07, 6.45) is 5.51. The third-order valence-electron chi connectivity index (χ3n) is 5.33. The summed E-state index contributed by atoms with van der Waals surface area (Å²) in [5.74, 6) is 1.69. The Morgan fingerprint density at radius 2 is 1.84 bits per heavy atom. The molecule has 5 rings (SSSR count). The molecule has 1 aliphatic heterocycles. The molecule has 0 aliphatic carbocycles. The minimum atomic E-state index is 0.743. The molecule has 0 saturated carbocycles. The van der Waals surface area contributed by atoms with E-state index in [2.05, 4.69) is 61.2 Å². The van der Waals surface area contributed by atoms with Crippen LogP contribution in [-0.4, -0.2) is 37.8 Å². The molecule has 0 N–H and O–H groups in total. The molecular weight excluding hydrogens is 424 g/mol. The molecule has 3 aromatic heterocycles. The number of hydrogen-bond acceptors (Lipinski definition) is 7. The molecule has 6 nitrogen and oxygen atoms in total. The molecule has 158 valence electrons. The predicted molar refractivity (Wildman–Crippen MR) is 127 cm³/mol. The van der Waals surface area contributed by atoms with E-state index in [4.69, 9.17) is 4.98 Å². The lowest BCUT2D eigenvalue weighted by Crippen LogP contribution is -2.31. The Labute approximate surface area is 190 Å². The van der Waals surface area contributed by atoms with E-state index < -0.39 is 0 Å². The van der Waals surface area contributed by atoms with Gasteiger partial charge < -0.3 is 4.90 Å². The van der Waals surface area contributed by atoms with Gasteiger partial charge >= 0.3 is 0 Å². The monoisotopic (exact) mass is 448 g/mol. The van der Waals surface area contributed by atoms with E-state index in [0.29, 0.717) is 0 Å². The van der Waals surface area contributed by atoms with Crippen molar-refractivity contribution in [3.05, 3.63) is 65.3 Å². The maximum Gasteiger partial charge on any atom is 0.232 e. The number of benzene rings is 1. The van der Waals surface area contributed by atoms with Gasteiger partial charge in [0.15, 0.2) is 5.16 Å². The second-order valence-corrected chi connectivity index (χ2v) is 9.45. The zero-order chi connectivity index (χ0) is 21.0. The first-order chi connectivity index (χ1) is 15.3. The van der Waals surface area contributed by atoms with Gasteiger partial charge in [0.25, 0.3) is 0 Å². The van der Waals surface area contributed by atoms with Gasteiger partial charge in [-0.2, -0.15) is 0 Å². The summed E-state index contributed by atoms with van der Waals surface area (Å²) in [5, 5.41) is 13.1. The topological polar surface area (TPSA) is 59.7 Å². The molecule has 0 amide bonds. The number of nitrogens with zero attached hydrogens (tertiary/aromatic N) is 6. The molecule has 1 aromatic carbocycles. The van der Waals surface area contributed by atoms with Crippen molar-refractivity contribution >= 4 is 29.0 Å². The van der Waals surface area contributed by atoms with Crippen molar-refractivity contribution in [1.82, 2.24) is 24.7 Å². The van der Waals surface area contributed by atoms with E-state index in [0.717, 1.165) is 52.0 Å². The summed E-state index contributed by atoms with van der Waals surface area (Å²) in [7, 11) is 0. The van der Waals surface area contributed by atoms with Gasteiger partial charge in [0.05, 0.1) is 17.1 Å². The predicted octanol–water partition coefficient (Wildman–Crippen LogP) is 5.38. The fraction of sp³-hybridized carbons (Fsp3) is 0.304. The highest BCUT2D eigenvalue weighted by Gasteiger charge is 2.22. The highest BCUT2D eigenvalue weighted by molar-refractivity contribution is 7.98. The summed E-state index contributed by atoms with van der Waals surface area (Å²) in [5.41, 5.74) is 4.30. The van der Waals surface area contributed by atoms with Crippen LogP contribution in [0.5, 0.6) is 0 Å². The smallest absolute Gasteiger partial charge is 0.232 e. The molecule has 1 fully saturated rings. The van der Waals surface area contributed by atoms with Crippen LogP contribution in [0.4, 0.5) is 5.95 Å². The van der Waals surface area contributed by atoms with Crippen molar-refractivity contribution in [2.24, 2.45) is 0 Å². The Kier molecular flexibility index (Phi) is 5.99. The van der Waals surface area contributed by atoms with Gasteiger partial charge in [-0.25, -0.2) is 4.98 Å². The van der Waals surface area contributed by atoms with E-state index in [1.165, 1.54) is 24.8 Å². The summed E-state index contributed by atoms with van der Waals surface area (Å²) in [4.78, 5) is 11.5. The molecule has 0 spiro atoms. The van der Waals surface area contributed by atoms with Crippen LogP contribution < -0.4 is 4.90 Å². The van der Waals surface area contributed by atoms with Gasteiger partial charge in [0, 0.05) is 30.4 Å². The van der Waals surface area contributed by atoms with Crippen LogP contribution in [0.1, 0.15) is 30.5 Å². The Hall–Kier alpha value is -2.71. The maximum atomic E-state index is 4.77. The van der Waals surface area contributed by atoms with Crippen LogP contribution in [0.15, 0.2) is 59.2 Å². The molecule has 0 radical (unpaired) electrons. The minimum Gasteiger partial charge on any atom is -0.341 e.